The summed E-state index contributed by atoms with van der Waals surface area (Å²) in [5.74, 6) is 0.899. The number of aromatic nitrogens is 3. The molecule has 0 aliphatic carbocycles. The van der Waals surface area contributed by atoms with Crippen LogP contribution in [0.15, 0.2) is 200 Å². The summed E-state index contributed by atoms with van der Waals surface area (Å²) in [6, 6.07) is 72.1. The van der Waals surface area contributed by atoms with E-state index >= 15 is 0 Å². The average molecular weight is 688 g/mol. The van der Waals surface area contributed by atoms with E-state index in [1.54, 1.807) is 0 Å². The topological polar surface area (TPSA) is 22.8 Å². The Hall–Kier alpha value is -7.23. The molecule has 3 heterocycles. The Kier molecular flexibility index (Phi) is 6.86. The Labute approximate surface area is 312 Å². The maximum Gasteiger partial charge on any atom is 0.138 e. The summed E-state index contributed by atoms with van der Waals surface area (Å²) < 4.78 is 4.74. The normalized spacial score (nSPS) is 11.7. The van der Waals surface area contributed by atoms with Crippen LogP contribution in [0.5, 0.6) is 0 Å². The summed E-state index contributed by atoms with van der Waals surface area (Å²) in [6.45, 7) is 0. The Morgan fingerprint density at radius 3 is 1.69 bits per heavy atom. The van der Waals surface area contributed by atoms with Crippen molar-refractivity contribution < 1.29 is 0 Å². The molecular formula is C51H33N3. The minimum absolute atomic E-state index is 0.899. The molecule has 0 atom stereocenters. The monoisotopic (exact) mass is 687 g/mol. The van der Waals surface area contributed by atoms with Crippen LogP contribution in [0.4, 0.5) is 0 Å². The van der Waals surface area contributed by atoms with Crippen molar-refractivity contribution in [3.05, 3.63) is 200 Å². The van der Waals surface area contributed by atoms with E-state index in [9.17, 15) is 0 Å². The molecule has 0 saturated carbocycles. The average Bonchev–Trinajstić information content (AvgIpc) is 3.76. The van der Waals surface area contributed by atoms with Gasteiger partial charge in [-0.25, -0.2) is 4.98 Å². The number of pyridine rings is 1. The van der Waals surface area contributed by atoms with Gasteiger partial charge in [-0.1, -0.05) is 146 Å². The van der Waals surface area contributed by atoms with Crippen molar-refractivity contribution in [3.8, 4) is 45.0 Å². The molecule has 0 bridgehead atoms. The van der Waals surface area contributed by atoms with Crippen LogP contribution in [0, 0.1) is 0 Å². The molecule has 8 aromatic carbocycles. The van der Waals surface area contributed by atoms with Gasteiger partial charge < -0.3 is 4.57 Å². The van der Waals surface area contributed by atoms with Gasteiger partial charge in [0.1, 0.15) is 5.82 Å². The Bertz CT molecular complexity index is 3150. The van der Waals surface area contributed by atoms with Gasteiger partial charge in [-0.05, 0) is 87.6 Å². The van der Waals surface area contributed by atoms with Crippen LogP contribution in [0.3, 0.4) is 0 Å². The van der Waals surface area contributed by atoms with Crippen molar-refractivity contribution in [2.24, 2.45) is 0 Å². The molecule has 0 spiro atoms. The van der Waals surface area contributed by atoms with E-state index in [1.807, 2.05) is 0 Å². The molecular weight excluding hydrogens is 655 g/mol. The molecule has 3 heteroatoms. The lowest BCUT2D eigenvalue weighted by Gasteiger charge is -2.13. The van der Waals surface area contributed by atoms with E-state index in [1.165, 1.54) is 54.5 Å². The van der Waals surface area contributed by atoms with E-state index in [2.05, 4.69) is 209 Å². The molecule has 0 saturated heterocycles. The minimum atomic E-state index is 0.899. The SMILES string of the molecule is c1ccc(-c2cc(-c3ccccc3)nc(-n3c4ccccc4c4cc(-c5ccc6c7ccccc7n(-c7ccc8ccccc8c7)c6c5)ccc43)c2)cc1. The van der Waals surface area contributed by atoms with Gasteiger partial charge in [-0.3, -0.25) is 4.57 Å². The van der Waals surface area contributed by atoms with Crippen molar-refractivity contribution in [2.45, 2.75) is 0 Å². The fourth-order valence-electron chi connectivity index (χ4n) is 8.33. The number of nitrogens with zero attached hydrogens (tertiary/aromatic N) is 3. The highest BCUT2D eigenvalue weighted by molar-refractivity contribution is 6.12. The molecule has 0 aliphatic rings. The molecule has 11 rings (SSSR count). The van der Waals surface area contributed by atoms with Crippen LogP contribution < -0.4 is 0 Å². The van der Waals surface area contributed by atoms with Crippen LogP contribution in [0.25, 0.3) is 99.4 Å². The Morgan fingerprint density at radius 2 is 0.889 bits per heavy atom. The predicted molar refractivity (Wildman–Crippen MR) is 227 cm³/mol. The maximum atomic E-state index is 5.32. The molecule has 0 amide bonds. The third-order valence-corrected chi connectivity index (χ3v) is 10.9. The molecule has 0 N–H and O–H groups in total. The third-order valence-electron chi connectivity index (χ3n) is 10.9. The summed E-state index contributed by atoms with van der Waals surface area (Å²) in [6.07, 6.45) is 0. The van der Waals surface area contributed by atoms with E-state index in [0.717, 1.165) is 44.9 Å². The predicted octanol–water partition coefficient (Wildman–Crippen LogP) is 13.4. The fraction of sp³-hybridized carbons (Fsp3) is 0. The van der Waals surface area contributed by atoms with Crippen LogP contribution in [0.1, 0.15) is 0 Å². The zero-order chi connectivity index (χ0) is 35.6. The quantitative estimate of drug-likeness (QED) is 0.177. The molecule has 0 fully saturated rings. The Balaban J connectivity index is 1.11. The van der Waals surface area contributed by atoms with Gasteiger partial charge in [0.15, 0.2) is 0 Å². The molecule has 3 aromatic heterocycles. The molecule has 3 nitrogen and oxygen atoms in total. The standard InChI is InChI=1S/C51H33N3/c1-3-13-34(14-4-1)40-31-46(36-16-5-2-6-17-36)52-51(33-40)54-48-22-12-10-20-43(48)45-30-38(25-28-49(45)54)39-24-27-44-42-19-9-11-21-47(42)53(50(44)32-39)41-26-23-35-15-7-8-18-37(35)29-41/h1-33H. The zero-order valence-corrected chi connectivity index (χ0v) is 29.4. The molecule has 11 aromatic rings. The highest BCUT2D eigenvalue weighted by Gasteiger charge is 2.18. The van der Waals surface area contributed by atoms with E-state index < -0.39 is 0 Å². The van der Waals surface area contributed by atoms with E-state index in [-0.39, 0.29) is 0 Å². The van der Waals surface area contributed by atoms with Crippen molar-refractivity contribution in [3.63, 3.8) is 0 Å². The molecule has 0 radical (unpaired) electrons. The third kappa shape index (κ3) is 4.87. The first-order valence-corrected chi connectivity index (χ1v) is 18.5. The first kappa shape index (κ1) is 30.4. The van der Waals surface area contributed by atoms with Crippen LogP contribution in [-0.2, 0) is 0 Å². The second-order valence-electron chi connectivity index (χ2n) is 14.0. The highest BCUT2D eigenvalue weighted by Crippen LogP contribution is 2.39. The number of para-hydroxylation sites is 2. The van der Waals surface area contributed by atoms with E-state index in [0.29, 0.717) is 0 Å². The minimum Gasteiger partial charge on any atom is -0.309 e. The molecule has 0 unspecified atom stereocenters. The van der Waals surface area contributed by atoms with Gasteiger partial charge in [0.25, 0.3) is 0 Å². The first-order chi connectivity index (χ1) is 26.8. The zero-order valence-electron chi connectivity index (χ0n) is 29.4. The van der Waals surface area contributed by atoms with Crippen LogP contribution >= 0.6 is 0 Å². The number of benzene rings is 8. The number of rotatable bonds is 5. The van der Waals surface area contributed by atoms with Gasteiger partial charge in [-0.15, -0.1) is 0 Å². The molecule has 54 heavy (non-hydrogen) atoms. The van der Waals surface area contributed by atoms with Gasteiger partial charge in [0.05, 0.1) is 27.8 Å². The lowest BCUT2D eigenvalue weighted by molar-refractivity contribution is 1.08. The summed E-state index contributed by atoms with van der Waals surface area (Å²) >= 11 is 0. The van der Waals surface area contributed by atoms with Crippen molar-refractivity contribution in [2.75, 3.05) is 0 Å². The smallest absolute Gasteiger partial charge is 0.138 e. The largest absolute Gasteiger partial charge is 0.309 e. The summed E-state index contributed by atoms with van der Waals surface area (Å²) in [5, 5.41) is 7.39. The van der Waals surface area contributed by atoms with Gasteiger partial charge in [0, 0.05) is 32.8 Å². The van der Waals surface area contributed by atoms with Gasteiger partial charge >= 0.3 is 0 Å². The van der Waals surface area contributed by atoms with Gasteiger partial charge in [-0.2, -0.15) is 0 Å². The van der Waals surface area contributed by atoms with Crippen LogP contribution in [0.2, 0.25) is 0 Å². The van der Waals surface area contributed by atoms with Crippen molar-refractivity contribution >= 4 is 54.4 Å². The maximum absolute atomic E-state index is 5.32. The fourth-order valence-corrected chi connectivity index (χ4v) is 8.33. The second-order valence-corrected chi connectivity index (χ2v) is 14.0. The van der Waals surface area contributed by atoms with E-state index in [4.69, 9.17) is 4.98 Å². The van der Waals surface area contributed by atoms with Crippen LogP contribution in [-0.4, -0.2) is 14.1 Å². The van der Waals surface area contributed by atoms with Crippen molar-refractivity contribution in [1.29, 1.82) is 0 Å². The summed E-state index contributed by atoms with van der Waals surface area (Å²) in [4.78, 5) is 5.32. The number of hydrogen-bond donors (Lipinski definition) is 0. The summed E-state index contributed by atoms with van der Waals surface area (Å²) in [7, 11) is 0. The molecule has 252 valence electrons. The lowest BCUT2D eigenvalue weighted by atomic mass is 10.0. The lowest BCUT2D eigenvalue weighted by Crippen LogP contribution is -2.00. The van der Waals surface area contributed by atoms with Crippen molar-refractivity contribution in [1.82, 2.24) is 14.1 Å². The highest BCUT2D eigenvalue weighted by atomic mass is 15.1. The first-order valence-electron chi connectivity index (χ1n) is 18.5. The van der Waals surface area contributed by atoms with Gasteiger partial charge in [0.2, 0.25) is 0 Å². The summed E-state index contributed by atoms with van der Waals surface area (Å²) in [5.41, 5.74) is 12.5. The number of fused-ring (bicyclic) bond motifs is 7. The Morgan fingerprint density at radius 1 is 0.296 bits per heavy atom. The number of hydrogen-bond acceptors (Lipinski definition) is 1. The second kappa shape index (κ2) is 12.2. The molecule has 0 aliphatic heterocycles.